The van der Waals surface area contributed by atoms with Crippen molar-refractivity contribution in [2.24, 2.45) is 0 Å². The van der Waals surface area contributed by atoms with Crippen molar-refractivity contribution >= 4 is 101 Å². The number of nitrogens with zero attached hydrogens (tertiary/aromatic N) is 2. The maximum absolute atomic E-state index is 7.16. The number of furan rings is 2. The van der Waals surface area contributed by atoms with Crippen LogP contribution in [0.25, 0.3) is 111 Å². The molecule has 99 heavy (non-hydrogen) atoms. The van der Waals surface area contributed by atoms with E-state index in [1.807, 2.05) is 0 Å². The van der Waals surface area contributed by atoms with Gasteiger partial charge in [-0.3, -0.25) is 0 Å². The highest BCUT2D eigenvalue weighted by Gasteiger charge is 2.47. The average molecular weight is 1280 g/mol. The van der Waals surface area contributed by atoms with Crippen molar-refractivity contribution in [3.8, 4) is 66.8 Å². The van der Waals surface area contributed by atoms with Crippen molar-refractivity contribution in [3.05, 3.63) is 294 Å². The van der Waals surface area contributed by atoms with Gasteiger partial charge in [0.1, 0.15) is 22.3 Å². The standard InChI is InChI=1S/C94H81BN2O2/c1-56-44-58(3)88-77(46-56)71-38-26-36-69(90(71)98-88)64-40-42-81-79(48-64)95-80-49-65(70-37-27-39-72-78-47-57(2)45-59(4)89(78)99-91(70)72)41-43-82(80)97(87-75(62-32-22-16-23-33-62)52-67(93(8,9)10)53-76(87)63-34-24-17-25-35-63)84-55-68(94(11,12)13)54-83(85(84)95)96(81)86-73(60-28-18-14-19-29-60)50-66(92(5,6)7)51-74(86)61-30-20-15-21-31-61/h14-55H,1-13H3. The molecule has 0 N–H and O–H groups in total. The Morgan fingerprint density at radius 2 is 0.606 bits per heavy atom. The normalized spacial score (nSPS) is 13.0. The molecule has 5 heteroatoms. The SMILES string of the molecule is Cc1cc(C)c2oc3c(-c4ccc5c(c4)B4c6cc(-c7cccc8c7oc7c(C)cc(C)cc78)ccc6N(c6c(-c7ccccc7)cc(C(C)(C)C)cc6-c6ccccc6)c6cc(C(C)(C)C)cc(c64)N5c4c(-c5ccccc5)cc(C(C)(C)C)cc4-c4ccccc4)cccc3c2c1. The Morgan fingerprint density at radius 1 is 0.273 bits per heavy atom. The first-order valence-corrected chi connectivity index (χ1v) is 35.2. The van der Waals surface area contributed by atoms with Crippen LogP contribution in [0.2, 0.25) is 0 Å². The Kier molecular flexibility index (Phi) is 14.2. The molecule has 0 unspecified atom stereocenters. The number of hydrogen-bond acceptors (Lipinski definition) is 4. The second kappa shape index (κ2) is 22.9. The molecular formula is C94H81BN2O2. The fraction of sp³-hybridized carbons (Fsp3) is 0.170. The van der Waals surface area contributed by atoms with E-state index in [1.165, 1.54) is 44.2 Å². The molecule has 2 aromatic heterocycles. The fourth-order valence-electron chi connectivity index (χ4n) is 16.2. The first-order valence-electron chi connectivity index (χ1n) is 35.2. The number of hydrogen-bond donors (Lipinski definition) is 0. The van der Waals surface area contributed by atoms with Gasteiger partial charge in [0.2, 0.25) is 0 Å². The molecule has 0 spiro atoms. The van der Waals surface area contributed by atoms with Crippen LogP contribution >= 0.6 is 0 Å². The maximum atomic E-state index is 7.16. The number of anilines is 6. The topological polar surface area (TPSA) is 32.8 Å². The summed E-state index contributed by atoms with van der Waals surface area (Å²) in [6.45, 7) is 29.6. The van der Waals surface area contributed by atoms with E-state index in [0.717, 1.165) is 156 Å². The molecule has 0 bridgehead atoms. The number of fused-ring (bicyclic) bond motifs is 10. The van der Waals surface area contributed by atoms with Crippen molar-refractivity contribution in [3.63, 3.8) is 0 Å². The van der Waals surface area contributed by atoms with Crippen LogP contribution in [-0.4, -0.2) is 6.71 Å². The van der Waals surface area contributed by atoms with E-state index in [-0.39, 0.29) is 23.0 Å². The zero-order valence-electron chi connectivity index (χ0n) is 59.0. The van der Waals surface area contributed by atoms with Gasteiger partial charge < -0.3 is 18.6 Å². The highest BCUT2D eigenvalue weighted by molar-refractivity contribution is 7.00. The quantitative estimate of drug-likeness (QED) is 0.142. The van der Waals surface area contributed by atoms with Crippen molar-refractivity contribution in [2.45, 2.75) is 106 Å². The first kappa shape index (κ1) is 61.7. The second-order valence-electron chi connectivity index (χ2n) is 31.1. The number of rotatable bonds is 8. The van der Waals surface area contributed by atoms with Gasteiger partial charge >= 0.3 is 0 Å². The maximum Gasteiger partial charge on any atom is 0.252 e. The zero-order valence-corrected chi connectivity index (χ0v) is 59.0. The molecule has 0 radical (unpaired) electrons. The Morgan fingerprint density at radius 3 is 0.939 bits per heavy atom. The molecule has 2 aliphatic heterocycles. The van der Waals surface area contributed by atoms with E-state index in [0.29, 0.717) is 0 Å². The second-order valence-corrected chi connectivity index (χ2v) is 31.1. The lowest BCUT2D eigenvalue weighted by molar-refractivity contribution is 0.590. The molecule has 0 atom stereocenters. The summed E-state index contributed by atoms with van der Waals surface area (Å²) in [6, 6.07) is 96.8. The molecule has 17 rings (SSSR count). The summed E-state index contributed by atoms with van der Waals surface area (Å²) >= 11 is 0. The summed E-state index contributed by atoms with van der Waals surface area (Å²) in [5.41, 5.74) is 35.4. The minimum Gasteiger partial charge on any atom is -0.455 e. The monoisotopic (exact) mass is 1280 g/mol. The number of aryl methyl sites for hydroxylation is 4. The lowest BCUT2D eigenvalue weighted by Crippen LogP contribution is -2.61. The number of para-hydroxylation sites is 2. The summed E-state index contributed by atoms with van der Waals surface area (Å²) in [7, 11) is 0. The molecule has 0 saturated carbocycles. The molecule has 482 valence electrons. The van der Waals surface area contributed by atoms with E-state index < -0.39 is 0 Å². The lowest BCUT2D eigenvalue weighted by Gasteiger charge is -2.47. The van der Waals surface area contributed by atoms with Crippen LogP contribution in [0.5, 0.6) is 0 Å². The molecule has 4 nitrogen and oxygen atoms in total. The van der Waals surface area contributed by atoms with Gasteiger partial charge in [0.05, 0.1) is 11.4 Å². The third-order valence-corrected chi connectivity index (χ3v) is 21.1. The Balaban J connectivity index is 1.07. The van der Waals surface area contributed by atoms with E-state index in [4.69, 9.17) is 8.83 Å². The minimum absolute atomic E-state index is 0.187. The molecule has 0 aliphatic carbocycles. The largest absolute Gasteiger partial charge is 0.455 e. The first-order chi connectivity index (χ1) is 47.6. The molecule has 15 aromatic rings. The van der Waals surface area contributed by atoms with Gasteiger partial charge in [-0.05, 0) is 193 Å². The van der Waals surface area contributed by atoms with Gasteiger partial charge in [0.15, 0.2) is 0 Å². The van der Waals surface area contributed by atoms with E-state index in [1.54, 1.807) is 0 Å². The third kappa shape index (κ3) is 10.2. The molecule has 0 saturated heterocycles. The predicted octanol–water partition coefficient (Wildman–Crippen LogP) is 24.7. The predicted molar refractivity (Wildman–Crippen MR) is 423 cm³/mol. The van der Waals surface area contributed by atoms with Crippen molar-refractivity contribution in [1.82, 2.24) is 0 Å². The Bertz CT molecular complexity index is 5310. The van der Waals surface area contributed by atoms with Crippen molar-refractivity contribution in [1.29, 1.82) is 0 Å². The fourth-order valence-corrected chi connectivity index (χ4v) is 16.2. The Hall–Kier alpha value is -10.9. The lowest BCUT2D eigenvalue weighted by atomic mass is 9.33. The smallest absolute Gasteiger partial charge is 0.252 e. The summed E-state index contributed by atoms with van der Waals surface area (Å²) in [6.07, 6.45) is 0. The van der Waals surface area contributed by atoms with Crippen molar-refractivity contribution in [2.75, 3.05) is 9.80 Å². The molecular weight excluding hydrogens is 1200 g/mol. The van der Waals surface area contributed by atoms with Crippen LogP contribution < -0.4 is 26.2 Å². The van der Waals surface area contributed by atoms with Crippen LogP contribution in [0.3, 0.4) is 0 Å². The van der Waals surface area contributed by atoms with Crippen LogP contribution in [0.1, 0.15) is 101 Å². The highest BCUT2D eigenvalue weighted by Crippen LogP contribution is 2.56. The Labute approximate surface area is 582 Å². The highest BCUT2D eigenvalue weighted by atomic mass is 16.3. The van der Waals surface area contributed by atoms with E-state index in [9.17, 15) is 0 Å². The van der Waals surface area contributed by atoms with Gasteiger partial charge in [-0.1, -0.05) is 256 Å². The van der Waals surface area contributed by atoms with Crippen LogP contribution in [0.15, 0.2) is 264 Å². The summed E-state index contributed by atoms with van der Waals surface area (Å²) in [5, 5.41) is 4.51. The van der Waals surface area contributed by atoms with Gasteiger partial charge in [-0.25, -0.2) is 0 Å². The van der Waals surface area contributed by atoms with E-state index >= 15 is 0 Å². The summed E-state index contributed by atoms with van der Waals surface area (Å²) < 4.78 is 14.3. The van der Waals surface area contributed by atoms with Gasteiger partial charge in [-0.2, -0.15) is 0 Å². The summed E-state index contributed by atoms with van der Waals surface area (Å²) in [4.78, 5) is 5.39. The summed E-state index contributed by atoms with van der Waals surface area (Å²) in [5.74, 6) is 0. The molecule has 13 aromatic carbocycles. The van der Waals surface area contributed by atoms with Crippen LogP contribution in [0.4, 0.5) is 34.1 Å². The van der Waals surface area contributed by atoms with E-state index in [2.05, 4.69) is 355 Å². The molecule has 2 aliphatic rings. The molecule has 4 heterocycles. The van der Waals surface area contributed by atoms with Gasteiger partial charge in [-0.15, -0.1) is 0 Å². The zero-order chi connectivity index (χ0) is 68.1. The van der Waals surface area contributed by atoms with Crippen molar-refractivity contribution < 1.29 is 8.83 Å². The average Bonchev–Trinajstić information content (AvgIpc) is 1.29. The molecule has 0 amide bonds. The van der Waals surface area contributed by atoms with Gasteiger partial charge in [0.25, 0.3) is 6.71 Å². The third-order valence-electron chi connectivity index (χ3n) is 21.1. The van der Waals surface area contributed by atoms with Crippen LogP contribution in [-0.2, 0) is 16.2 Å². The van der Waals surface area contributed by atoms with Gasteiger partial charge in [0, 0.05) is 77.7 Å². The molecule has 0 fully saturated rings. The minimum atomic E-state index is -0.307. The van der Waals surface area contributed by atoms with Crippen LogP contribution in [0, 0.1) is 27.7 Å². The number of benzene rings is 13.